The number of benzene rings is 1. The van der Waals surface area contributed by atoms with Crippen LogP contribution in [0.25, 0.3) is 11.3 Å². The molecule has 3 rings (SSSR count). The van der Waals surface area contributed by atoms with Crippen molar-refractivity contribution in [1.82, 2.24) is 9.97 Å². The number of halogens is 1. The number of nitrogens with two attached hydrogens (primary N) is 2. The average molecular weight is 408 g/mol. The molecule has 0 fully saturated rings. The topological polar surface area (TPSA) is 126 Å². The predicted octanol–water partition coefficient (Wildman–Crippen LogP) is 4.23. The Morgan fingerprint density at radius 1 is 1.15 bits per heavy atom. The van der Waals surface area contributed by atoms with Crippen LogP contribution >= 0.6 is 15.9 Å². The van der Waals surface area contributed by atoms with Crippen molar-refractivity contribution in [3.05, 3.63) is 64.4 Å². The highest BCUT2D eigenvalue weighted by Crippen LogP contribution is 2.41. The Labute approximate surface area is 158 Å². The number of azo groups is 1. The van der Waals surface area contributed by atoms with E-state index < -0.39 is 0 Å². The fraction of sp³-hybridized carbons (Fsp3) is 0.0556. The largest absolute Gasteiger partial charge is 0.394 e. The summed E-state index contributed by atoms with van der Waals surface area (Å²) in [6, 6.07) is 14.7. The molecule has 0 radical (unpaired) electrons. The van der Waals surface area contributed by atoms with E-state index >= 15 is 0 Å². The maximum atomic E-state index is 9.09. The Morgan fingerprint density at radius 2 is 2.00 bits per heavy atom. The van der Waals surface area contributed by atoms with Gasteiger partial charge in [-0.1, -0.05) is 18.2 Å². The molecule has 0 bridgehead atoms. The third-order valence-corrected chi connectivity index (χ3v) is 4.32. The van der Waals surface area contributed by atoms with E-state index in [1.165, 1.54) is 0 Å². The molecule has 0 unspecified atom stereocenters. The summed E-state index contributed by atoms with van der Waals surface area (Å²) in [6.45, 7) is 0.314. The number of anilines is 2. The average Bonchev–Trinajstić information content (AvgIpc) is 2.68. The highest BCUT2D eigenvalue weighted by atomic mass is 79.9. The van der Waals surface area contributed by atoms with Crippen molar-refractivity contribution < 1.29 is 0 Å². The Hall–Kier alpha value is -3.31. The zero-order valence-corrected chi connectivity index (χ0v) is 15.2. The normalized spacial score (nSPS) is 10.8. The summed E-state index contributed by atoms with van der Waals surface area (Å²) in [7, 11) is 0. The highest BCUT2D eigenvalue weighted by molar-refractivity contribution is 9.10. The van der Waals surface area contributed by atoms with Gasteiger partial charge in [-0.05, 0) is 40.2 Å². The monoisotopic (exact) mass is 407 g/mol. The van der Waals surface area contributed by atoms with E-state index in [0.717, 1.165) is 11.3 Å². The molecule has 0 amide bonds. The molecule has 2 heterocycles. The number of hydrogen-bond donors (Lipinski definition) is 2. The minimum absolute atomic E-state index is 0.150. The van der Waals surface area contributed by atoms with Crippen molar-refractivity contribution >= 4 is 33.1 Å². The number of nitrogens with zero attached hydrogens (tertiary/aromatic N) is 5. The van der Waals surface area contributed by atoms with Crippen LogP contribution in [-0.2, 0) is 6.54 Å². The zero-order chi connectivity index (χ0) is 18.5. The second-order valence-electron chi connectivity index (χ2n) is 5.34. The van der Waals surface area contributed by atoms with Crippen molar-refractivity contribution in [2.75, 3.05) is 11.5 Å². The Kier molecular flexibility index (Phi) is 5.20. The fourth-order valence-corrected chi connectivity index (χ4v) is 2.89. The van der Waals surface area contributed by atoms with Gasteiger partial charge in [-0.15, -0.1) is 0 Å². The second kappa shape index (κ2) is 7.72. The quantitative estimate of drug-likeness (QED) is 0.625. The van der Waals surface area contributed by atoms with E-state index in [2.05, 4.69) is 42.2 Å². The van der Waals surface area contributed by atoms with Crippen LogP contribution in [-0.4, -0.2) is 9.97 Å². The molecule has 4 N–H and O–H groups in total. The van der Waals surface area contributed by atoms with E-state index in [0.29, 0.717) is 28.0 Å². The Morgan fingerprint density at radius 3 is 2.73 bits per heavy atom. The van der Waals surface area contributed by atoms with E-state index in [9.17, 15) is 0 Å². The molecule has 0 aliphatic heterocycles. The molecule has 0 aliphatic rings. The van der Waals surface area contributed by atoms with Crippen LogP contribution in [0.1, 0.15) is 11.3 Å². The van der Waals surface area contributed by atoms with Crippen molar-refractivity contribution in [2.24, 2.45) is 10.2 Å². The van der Waals surface area contributed by atoms with Crippen molar-refractivity contribution in [3.8, 4) is 17.3 Å². The van der Waals surface area contributed by atoms with E-state index in [1.54, 1.807) is 24.4 Å². The molecule has 0 atom stereocenters. The summed E-state index contributed by atoms with van der Waals surface area (Å²) < 4.78 is 0.559. The van der Waals surface area contributed by atoms with Crippen molar-refractivity contribution in [3.63, 3.8) is 0 Å². The number of aromatic nitrogens is 2. The SMILES string of the molecule is N#Cc1cccc(-c2nc(N)c(N)c(N=NCc3ccccn3)c2Br)c1. The van der Waals surface area contributed by atoms with Gasteiger partial charge in [-0.25, -0.2) is 4.98 Å². The first-order valence-corrected chi connectivity index (χ1v) is 8.42. The molecule has 0 spiro atoms. The van der Waals surface area contributed by atoms with Crippen LogP contribution < -0.4 is 11.5 Å². The van der Waals surface area contributed by atoms with Gasteiger partial charge in [0.2, 0.25) is 0 Å². The lowest BCUT2D eigenvalue weighted by molar-refractivity contribution is 0.914. The summed E-state index contributed by atoms with van der Waals surface area (Å²) in [5.74, 6) is 0.150. The molecule has 2 aromatic heterocycles. The molecule has 8 heteroatoms. The van der Waals surface area contributed by atoms with Gasteiger partial charge in [0.1, 0.15) is 23.7 Å². The molecule has 1 aromatic carbocycles. The van der Waals surface area contributed by atoms with Gasteiger partial charge in [0.25, 0.3) is 0 Å². The maximum absolute atomic E-state index is 9.09. The smallest absolute Gasteiger partial charge is 0.149 e. The number of pyridine rings is 2. The Bertz CT molecular complexity index is 1010. The van der Waals surface area contributed by atoms with Gasteiger partial charge in [-0.3, -0.25) is 4.98 Å². The van der Waals surface area contributed by atoms with E-state index in [-0.39, 0.29) is 11.5 Å². The summed E-state index contributed by atoms with van der Waals surface area (Å²) in [5, 5.41) is 17.5. The summed E-state index contributed by atoms with van der Waals surface area (Å²) in [5.41, 5.74) is 15.2. The molecule has 128 valence electrons. The van der Waals surface area contributed by atoms with Crippen LogP contribution in [0, 0.1) is 11.3 Å². The number of rotatable bonds is 4. The summed E-state index contributed by atoms with van der Waals surface area (Å²) >= 11 is 3.49. The molecule has 3 aromatic rings. The lowest BCUT2D eigenvalue weighted by Crippen LogP contribution is -2.01. The van der Waals surface area contributed by atoms with Crippen LogP contribution in [0.4, 0.5) is 17.2 Å². The number of hydrogen-bond acceptors (Lipinski definition) is 7. The van der Waals surface area contributed by atoms with Crippen LogP contribution in [0.5, 0.6) is 0 Å². The van der Waals surface area contributed by atoms with Gasteiger partial charge in [0.15, 0.2) is 0 Å². The second-order valence-corrected chi connectivity index (χ2v) is 6.13. The van der Waals surface area contributed by atoms with Crippen molar-refractivity contribution in [1.29, 1.82) is 5.26 Å². The first-order valence-electron chi connectivity index (χ1n) is 7.62. The summed E-state index contributed by atoms with van der Waals surface area (Å²) in [6.07, 6.45) is 1.69. The lowest BCUT2D eigenvalue weighted by Gasteiger charge is -2.11. The zero-order valence-electron chi connectivity index (χ0n) is 13.6. The predicted molar refractivity (Wildman–Crippen MR) is 103 cm³/mol. The first kappa shape index (κ1) is 17.5. The number of nitriles is 1. The van der Waals surface area contributed by atoms with Crippen LogP contribution in [0.2, 0.25) is 0 Å². The Balaban J connectivity index is 2.00. The third kappa shape index (κ3) is 3.68. The van der Waals surface area contributed by atoms with Gasteiger partial charge in [0.05, 0.1) is 27.5 Å². The molecular formula is C18H14BrN7. The van der Waals surface area contributed by atoms with E-state index in [4.69, 9.17) is 16.7 Å². The fourth-order valence-electron chi connectivity index (χ4n) is 2.28. The van der Waals surface area contributed by atoms with Gasteiger partial charge < -0.3 is 11.5 Å². The molecule has 0 aliphatic carbocycles. The van der Waals surface area contributed by atoms with Gasteiger partial charge in [0, 0.05) is 11.8 Å². The third-order valence-electron chi connectivity index (χ3n) is 3.57. The minimum atomic E-state index is 0.150. The minimum Gasteiger partial charge on any atom is -0.394 e. The van der Waals surface area contributed by atoms with Gasteiger partial charge >= 0.3 is 0 Å². The molecule has 0 saturated carbocycles. The molecule has 7 nitrogen and oxygen atoms in total. The standard InChI is InChI=1S/C18H14BrN7/c19-14-16(12-5-3-4-11(8-12)9-20)25-18(22)15(21)17(14)26-24-10-13-6-1-2-7-23-13/h1-8H,10,21H2,(H2,22,25). The lowest BCUT2D eigenvalue weighted by atomic mass is 10.1. The highest BCUT2D eigenvalue weighted by Gasteiger charge is 2.16. The molecule has 26 heavy (non-hydrogen) atoms. The van der Waals surface area contributed by atoms with Crippen LogP contribution in [0.3, 0.4) is 0 Å². The first-order chi connectivity index (χ1) is 12.6. The molecular weight excluding hydrogens is 394 g/mol. The van der Waals surface area contributed by atoms with Crippen molar-refractivity contribution in [2.45, 2.75) is 6.54 Å². The number of nitrogen functional groups attached to an aromatic ring is 2. The van der Waals surface area contributed by atoms with Gasteiger partial charge in [-0.2, -0.15) is 15.5 Å². The maximum Gasteiger partial charge on any atom is 0.149 e. The molecule has 0 saturated heterocycles. The van der Waals surface area contributed by atoms with Crippen LogP contribution in [0.15, 0.2) is 63.4 Å². The summed E-state index contributed by atoms with van der Waals surface area (Å²) in [4.78, 5) is 8.52. The van der Waals surface area contributed by atoms with E-state index in [1.807, 2.05) is 24.3 Å².